The number of amides is 1. The van der Waals surface area contributed by atoms with E-state index in [0.717, 1.165) is 32.6 Å². The summed E-state index contributed by atoms with van der Waals surface area (Å²) in [6, 6.07) is 4.73. The fourth-order valence-electron chi connectivity index (χ4n) is 3.35. The molecule has 0 aliphatic carbocycles. The van der Waals surface area contributed by atoms with Crippen LogP contribution in [0.4, 0.5) is 0 Å². The fraction of sp³-hybridized carbons (Fsp3) is 0.562. The van der Waals surface area contributed by atoms with Crippen molar-refractivity contribution in [2.75, 3.05) is 26.2 Å². The molecule has 21 heavy (non-hydrogen) atoms. The van der Waals surface area contributed by atoms with Crippen molar-refractivity contribution in [1.82, 2.24) is 9.80 Å². The minimum absolute atomic E-state index is 0.0650. The summed E-state index contributed by atoms with van der Waals surface area (Å²) in [7, 11) is 0. The van der Waals surface area contributed by atoms with Crippen LogP contribution in [-0.4, -0.2) is 58.1 Å². The van der Waals surface area contributed by atoms with Crippen molar-refractivity contribution < 1.29 is 15.0 Å². The number of carbonyl (C=O) groups excluding carboxylic acids is 1. The quantitative estimate of drug-likeness (QED) is 0.815. The van der Waals surface area contributed by atoms with Crippen LogP contribution in [0.3, 0.4) is 0 Å². The van der Waals surface area contributed by atoms with Crippen LogP contribution in [0.15, 0.2) is 18.2 Å². The van der Waals surface area contributed by atoms with Gasteiger partial charge in [0.2, 0.25) is 0 Å². The number of likely N-dealkylation sites (tertiary alicyclic amines) is 2. The second-order valence-electron chi connectivity index (χ2n) is 5.99. The molecule has 2 N–H and O–H groups in total. The standard InChI is InChI=1S/C16H22N2O3/c19-14-5-4-12(10-15(14)20)16(21)18-9-6-13(11-18)17-7-2-1-3-8-17/h4-5,10,13,19-20H,1-3,6-9,11H2. The molecule has 2 heterocycles. The first-order valence-corrected chi connectivity index (χ1v) is 7.70. The lowest BCUT2D eigenvalue weighted by Crippen LogP contribution is -2.41. The number of phenols is 2. The van der Waals surface area contributed by atoms with Crippen LogP contribution in [0, 0.1) is 0 Å². The van der Waals surface area contributed by atoms with Gasteiger partial charge in [0.1, 0.15) is 0 Å². The molecular formula is C16H22N2O3. The average Bonchev–Trinajstić information content (AvgIpc) is 3.00. The Kier molecular flexibility index (Phi) is 4.01. The van der Waals surface area contributed by atoms with Crippen LogP contribution >= 0.6 is 0 Å². The predicted molar refractivity (Wildman–Crippen MR) is 79.5 cm³/mol. The van der Waals surface area contributed by atoms with E-state index in [1.807, 2.05) is 4.90 Å². The van der Waals surface area contributed by atoms with E-state index in [1.165, 1.54) is 31.4 Å². The van der Waals surface area contributed by atoms with E-state index in [2.05, 4.69) is 4.90 Å². The zero-order chi connectivity index (χ0) is 14.8. The van der Waals surface area contributed by atoms with Gasteiger partial charge in [-0.1, -0.05) is 6.42 Å². The molecule has 5 nitrogen and oxygen atoms in total. The molecule has 3 rings (SSSR count). The summed E-state index contributed by atoms with van der Waals surface area (Å²) in [5.74, 6) is -0.503. The zero-order valence-electron chi connectivity index (χ0n) is 12.2. The van der Waals surface area contributed by atoms with Crippen LogP contribution in [0.1, 0.15) is 36.0 Å². The monoisotopic (exact) mass is 290 g/mol. The van der Waals surface area contributed by atoms with Gasteiger partial charge in [-0.05, 0) is 50.6 Å². The maximum Gasteiger partial charge on any atom is 0.254 e. The number of phenolic OH excluding ortho intramolecular Hbond substituents is 2. The Bertz CT molecular complexity index is 526. The highest BCUT2D eigenvalue weighted by atomic mass is 16.3. The van der Waals surface area contributed by atoms with E-state index in [0.29, 0.717) is 11.6 Å². The van der Waals surface area contributed by atoms with Gasteiger partial charge in [-0.2, -0.15) is 0 Å². The maximum atomic E-state index is 12.5. The molecule has 2 fully saturated rings. The molecular weight excluding hydrogens is 268 g/mol. The SMILES string of the molecule is O=C(c1ccc(O)c(O)c1)N1CCC(N2CCCCC2)C1. The minimum Gasteiger partial charge on any atom is -0.504 e. The molecule has 0 spiro atoms. The molecule has 0 saturated carbocycles. The van der Waals surface area contributed by atoms with Crippen molar-refractivity contribution in [2.45, 2.75) is 31.7 Å². The zero-order valence-corrected chi connectivity index (χ0v) is 12.2. The van der Waals surface area contributed by atoms with Crippen LogP contribution in [0.25, 0.3) is 0 Å². The number of hydrogen-bond donors (Lipinski definition) is 2. The summed E-state index contributed by atoms with van der Waals surface area (Å²) in [6.07, 6.45) is 4.86. The van der Waals surface area contributed by atoms with Gasteiger partial charge in [-0.3, -0.25) is 9.69 Å². The molecule has 1 amide bonds. The minimum atomic E-state index is -0.243. The van der Waals surface area contributed by atoms with Crippen molar-refractivity contribution in [2.24, 2.45) is 0 Å². The Morgan fingerprint density at radius 2 is 1.81 bits per heavy atom. The first-order chi connectivity index (χ1) is 10.1. The molecule has 0 radical (unpaired) electrons. The molecule has 1 aromatic rings. The van der Waals surface area contributed by atoms with Gasteiger partial charge >= 0.3 is 0 Å². The Morgan fingerprint density at radius 3 is 2.52 bits per heavy atom. The third-order valence-electron chi connectivity index (χ3n) is 4.58. The smallest absolute Gasteiger partial charge is 0.254 e. The largest absolute Gasteiger partial charge is 0.504 e. The topological polar surface area (TPSA) is 64.0 Å². The summed E-state index contributed by atoms with van der Waals surface area (Å²) in [6.45, 7) is 3.82. The van der Waals surface area contributed by atoms with Crippen LogP contribution in [0.5, 0.6) is 11.5 Å². The molecule has 1 atom stereocenters. The summed E-state index contributed by atoms with van der Waals surface area (Å²) < 4.78 is 0. The fourth-order valence-corrected chi connectivity index (χ4v) is 3.35. The average molecular weight is 290 g/mol. The van der Waals surface area contributed by atoms with Gasteiger partial charge in [0.05, 0.1) is 0 Å². The van der Waals surface area contributed by atoms with E-state index in [1.54, 1.807) is 6.07 Å². The second-order valence-corrected chi connectivity index (χ2v) is 5.99. The number of carbonyl (C=O) groups is 1. The normalized spacial score (nSPS) is 23.4. The Labute approximate surface area is 124 Å². The second kappa shape index (κ2) is 5.93. The van der Waals surface area contributed by atoms with Crippen molar-refractivity contribution >= 4 is 5.91 Å². The maximum absolute atomic E-state index is 12.5. The number of rotatable bonds is 2. The van der Waals surface area contributed by atoms with E-state index >= 15 is 0 Å². The highest BCUT2D eigenvalue weighted by molar-refractivity contribution is 5.95. The van der Waals surface area contributed by atoms with Gasteiger partial charge in [0, 0.05) is 24.7 Å². The lowest BCUT2D eigenvalue weighted by molar-refractivity contribution is 0.0771. The third kappa shape index (κ3) is 2.97. The van der Waals surface area contributed by atoms with Crippen molar-refractivity contribution in [3.63, 3.8) is 0 Å². The van der Waals surface area contributed by atoms with E-state index in [4.69, 9.17) is 0 Å². The van der Waals surface area contributed by atoms with Crippen LogP contribution < -0.4 is 0 Å². The number of nitrogens with zero attached hydrogens (tertiary/aromatic N) is 2. The summed E-state index contributed by atoms with van der Waals surface area (Å²) in [4.78, 5) is 16.8. The Balaban J connectivity index is 1.64. The molecule has 5 heteroatoms. The van der Waals surface area contributed by atoms with Crippen LogP contribution in [-0.2, 0) is 0 Å². The number of hydrogen-bond acceptors (Lipinski definition) is 4. The summed E-state index contributed by atoms with van der Waals surface area (Å²) >= 11 is 0. The molecule has 2 aliphatic heterocycles. The van der Waals surface area contributed by atoms with Crippen molar-refractivity contribution in [1.29, 1.82) is 0 Å². The third-order valence-corrected chi connectivity index (χ3v) is 4.58. The van der Waals surface area contributed by atoms with E-state index in [-0.39, 0.29) is 17.4 Å². The molecule has 2 saturated heterocycles. The highest BCUT2D eigenvalue weighted by Gasteiger charge is 2.31. The van der Waals surface area contributed by atoms with Gasteiger partial charge in [-0.25, -0.2) is 0 Å². The summed E-state index contributed by atoms with van der Waals surface area (Å²) in [5, 5.41) is 18.8. The van der Waals surface area contributed by atoms with E-state index in [9.17, 15) is 15.0 Å². The number of benzene rings is 1. The predicted octanol–water partition coefficient (Wildman–Crippen LogP) is 1.80. The van der Waals surface area contributed by atoms with Crippen LogP contribution in [0.2, 0.25) is 0 Å². The number of aromatic hydroxyl groups is 2. The van der Waals surface area contributed by atoms with Gasteiger partial charge < -0.3 is 15.1 Å². The highest BCUT2D eigenvalue weighted by Crippen LogP contribution is 2.27. The van der Waals surface area contributed by atoms with Gasteiger partial charge in [-0.15, -0.1) is 0 Å². The van der Waals surface area contributed by atoms with Crippen molar-refractivity contribution in [3.05, 3.63) is 23.8 Å². The molecule has 2 aliphatic rings. The van der Waals surface area contributed by atoms with Gasteiger partial charge in [0.25, 0.3) is 5.91 Å². The Morgan fingerprint density at radius 1 is 1.05 bits per heavy atom. The first-order valence-electron chi connectivity index (χ1n) is 7.70. The molecule has 114 valence electrons. The lowest BCUT2D eigenvalue weighted by atomic mass is 10.1. The number of piperidine rings is 1. The molecule has 0 aromatic heterocycles. The molecule has 0 bridgehead atoms. The van der Waals surface area contributed by atoms with Crippen molar-refractivity contribution in [3.8, 4) is 11.5 Å². The summed E-state index contributed by atoms with van der Waals surface area (Å²) in [5.41, 5.74) is 0.435. The van der Waals surface area contributed by atoms with Gasteiger partial charge in [0.15, 0.2) is 11.5 Å². The molecule has 1 unspecified atom stereocenters. The van der Waals surface area contributed by atoms with E-state index < -0.39 is 0 Å². The first kappa shape index (κ1) is 14.2. The Hall–Kier alpha value is -1.75. The molecule has 1 aromatic carbocycles. The lowest BCUT2D eigenvalue weighted by Gasteiger charge is -2.32.